The summed E-state index contributed by atoms with van der Waals surface area (Å²) in [7, 11) is 1.66. The highest BCUT2D eigenvalue weighted by Crippen LogP contribution is 2.50. The molecule has 3 N–H and O–H groups in total. The molecule has 2 heterocycles. The van der Waals surface area contributed by atoms with Crippen molar-refractivity contribution >= 4 is 23.2 Å². The van der Waals surface area contributed by atoms with Gasteiger partial charge in [0.05, 0.1) is 46.8 Å². The number of nitriles is 1. The molecule has 1 fully saturated rings. The molecule has 0 saturated heterocycles. The molecule has 3 aromatic rings. The second-order valence-electron chi connectivity index (χ2n) is 9.37. The third-order valence-electron chi connectivity index (χ3n) is 6.60. The van der Waals surface area contributed by atoms with Gasteiger partial charge in [-0.05, 0) is 43.4 Å². The van der Waals surface area contributed by atoms with E-state index in [-0.39, 0.29) is 11.9 Å². The number of ether oxygens (including phenoxy) is 1. The molecular formula is C29H31N7O2. The van der Waals surface area contributed by atoms with Gasteiger partial charge < -0.3 is 15.8 Å². The monoisotopic (exact) mass is 509 g/mol. The fourth-order valence-electron chi connectivity index (χ4n) is 4.27. The number of nitrogens with two attached hydrogens (primary N) is 1. The van der Waals surface area contributed by atoms with Crippen molar-refractivity contribution in [1.29, 1.82) is 5.26 Å². The molecule has 0 amide bonds. The van der Waals surface area contributed by atoms with Crippen LogP contribution in [-0.4, -0.2) is 40.4 Å². The highest BCUT2D eigenvalue weighted by atomic mass is 16.5. The summed E-state index contributed by atoms with van der Waals surface area (Å²) >= 11 is 0. The Balaban J connectivity index is 1.58. The Morgan fingerprint density at radius 3 is 2.63 bits per heavy atom. The molecule has 38 heavy (non-hydrogen) atoms. The number of amidine groups is 1. The van der Waals surface area contributed by atoms with Gasteiger partial charge in [-0.15, -0.1) is 0 Å². The van der Waals surface area contributed by atoms with Crippen LogP contribution < -0.4 is 11.1 Å². The molecule has 4 rings (SSSR count). The van der Waals surface area contributed by atoms with E-state index < -0.39 is 5.41 Å². The average molecular weight is 510 g/mol. The van der Waals surface area contributed by atoms with E-state index in [2.05, 4.69) is 45.2 Å². The number of esters is 1. The number of carbonyl (C=O) groups is 1. The summed E-state index contributed by atoms with van der Waals surface area (Å²) in [6.07, 6.45) is 7.95. The number of benzene rings is 1. The van der Waals surface area contributed by atoms with E-state index in [1.54, 1.807) is 38.6 Å². The van der Waals surface area contributed by atoms with Crippen LogP contribution in [0.1, 0.15) is 62.0 Å². The number of pyridine rings is 1. The normalized spacial score (nSPS) is 14.6. The first-order chi connectivity index (χ1) is 18.4. The summed E-state index contributed by atoms with van der Waals surface area (Å²) in [6, 6.07) is 11.5. The van der Waals surface area contributed by atoms with Crippen molar-refractivity contribution in [2.75, 3.05) is 19.0 Å². The molecule has 1 aliphatic carbocycles. The Bertz CT molecular complexity index is 1430. The largest absolute Gasteiger partial charge is 0.465 e. The number of aromatic nitrogens is 3. The van der Waals surface area contributed by atoms with E-state index in [1.165, 1.54) is 6.20 Å². The van der Waals surface area contributed by atoms with Crippen LogP contribution in [0, 0.1) is 11.3 Å². The standard InChI is InChI=1S/C29H31N7O2/c1-5-38-28(37)29(10-11-29)21-7-8-22(20(12-21)13-30)19-6-9-24(34-15-19)23(14-31)27(32-4)36-26-17-33-16-25(35-26)18(2)3/h6-9,12,14-18H,5,10-11,31H2,1-4H3,(H,32,35,36). The Morgan fingerprint density at radius 1 is 1.26 bits per heavy atom. The van der Waals surface area contributed by atoms with Crippen LogP contribution in [0.3, 0.4) is 0 Å². The summed E-state index contributed by atoms with van der Waals surface area (Å²) in [6.45, 7) is 6.23. The molecular weight excluding hydrogens is 478 g/mol. The maximum Gasteiger partial charge on any atom is 0.316 e. The summed E-state index contributed by atoms with van der Waals surface area (Å²) in [4.78, 5) is 30.3. The van der Waals surface area contributed by atoms with E-state index in [1.807, 2.05) is 24.3 Å². The van der Waals surface area contributed by atoms with Crippen molar-refractivity contribution in [3.63, 3.8) is 0 Å². The first kappa shape index (κ1) is 26.5. The summed E-state index contributed by atoms with van der Waals surface area (Å²) in [5, 5.41) is 13.1. The number of nitrogens with zero attached hydrogens (tertiary/aromatic N) is 5. The highest BCUT2D eigenvalue weighted by molar-refractivity contribution is 6.27. The van der Waals surface area contributed by atoms with Gasteiger partial charge in [-0.2, -0.15) is 5.26 Å². The molecule has 9 heteroatoms. The van der Waals surface area contributed by atoms with E-state index in [0.29, 0.717) is 35.1 Å². The minimum Gasteiger partial charge on any atom is -0.465 e. The lowest BCUT2D eigenvalue weighted by atomic mass is 9.91. The Hall–Kier alpha value is -4.58. The van der Waals surface area contributed by atoms with Gasteiger partial charge in [0.1, 0.15) is 11.7 Å². The molecule has 9 nitrogen and oxygen atoms in total. The number of rotatable bonds is 8. The minimum atomic E-state index is -0.634. The van der Waals surface area contributed by atoms with Crippen molar-refractivity contribution in [2.24, 2.45) is 10.7 Å². The predicted molar refractivity (Wildman–Crippen MR) is 147 cm³/mol. The Kier molecular flexibility index (Phi) is 7.82. The summed E-state index contributed by atoms with van der Waals surface area (Å²) in [5.41, 5.74) is 10.2. The zero-order valence-corrected chi connectivity index (χ0v) is 22.0. The number of carbonyl (C=O) groups excluding carboxylic acids is 1. The van der Waals surface area contributed by atoms with Crippen molar-refractivity contribution < 1.29 is 9.53 Å². The molecule has 0 spiro atoms. The van der Waals surface area contributed by atoms with Gasteiger partial charge in [-0.3, -0.25) is 19.8 Å². The number of hydrogen-bond donors (Lipinski definition) is 2. The second-order valence-corrected chi connectivity index (χ2v) is 9.37. The SMILES string of the molecule is CCOC(=O)C1(c2ccc(-c3ccc(C(=CN)C(=NC)Nc4cncc(C(C)C)n4)nc3)c(C#N)c2)CC1. The maximum absolute atomic E-state index is 12.5. The Morgan fingerprint density at radius 2 is 2.05 bits per heavy atom. The number of hydrogen-bond acceptors (Lipinski definition) is 8. The molecule has 0 aliphatic heterocycles. The van der Waals surface area contributed by atoms with E-state index >= 15 is 0 Å². The van der Waals surface area contributed by atoms with E-state index in [9.17, 15) is 10.1 Å². The predicted octanol–water partition coefficient (Wildman–Crippen LogP) is 4.57. The second kappa shape index (κ2) is 11.2. The van der Waals surface area contributed by atoms with Crippen LogP contribution >= 0.6 is 0 Å². The lowest BCUT2D eigenvalue weighted by molar-refractivity contribution is -0.146. The molecule has 1 aliphatic rings. The molecule has 1 saturated carbocycles. The highest BCUT2D eigenvalue weighted by Gasteiger charge is 2.52. The van der Waals surface area contributed by atoms with E-state index in [0.717, 1.165) is 35.2 Å². The van der Waals surface area contributed by atoms with Crippen LogP contribution in [0.15, 0.2) is 60.1 Å². The van der Waals surface area contributed by atoms with Crippen molar-refractivity contribution in [2.45, 2.75) is 44.9 Å². The van der Waals surface area contributed by atoms with Crippen LogP contribution in [0.25, 0.3) is 16.7 Å². The van der Waals surface area contributed by atoms with Gasteiger partial charge in [0.25, 0.3) is 0 Å². The number of aliphatic imine (C=N–C) groups is 1. The quantitative estimate of drug-likeness (QED) is 0.256. The maximum atomic E-state index is 12.5. The van der Waals surface area contributed by atoms with Crippen LogP contribution in [-0.2, 0) is 14.9 Å². The molecule has 194 valence electrons. The topological polar surface area (TPSA) is 139 Å². The lowest BCUT2D eigenvalue weighted by Crippen LogP contribution is -2.23. The van der Waals surface area contributed by atoms with E-state index in [4.69, 9.17) is 10.5 Å². The number of anilines is 1. The van der Waals surface area contributed by atoms with Crippen molar-refractivity contribution in [3.05, 3.63) is 77.6 Å². The molecule has 0 bridgehead atoms. The van der Waals surface area contributed by atoms with Gasteiger partial charge in [-0.25, -0.2) is 4.98 Å². The zero-order chi connectivity index (χ0) is 27.3. The first-order valence-electron chi connectivity index (χ1n) is 12.5. The molecule has 1 aromatic carbocycles. The van der Waals surface area contributed by atoms with Gasteiger partial charge in [0.15, 0.2) is 0 Å². The van der Waals surface area contributed by atoms with Crippen LogP contribution in [0.2, 0.25) is 0 Å². The van der Waals surface area contributed by atoms with Crippen LogP contribution in [0.5, 0.6) is 0 Å². The first-order valence-corrected chi connectivity index (χ1v) is 12.5. The number of nitrogens with one attached hydrogen (secondary N) is 1. The third-order valence-corrected chi connectivity index (χ3v) is 6.60. The van der Waals surface area contributed by atoms with Crippen molar-refractivity contribution in [3.8, 4) is 17.2 Å². The average Bonchev–Trinajstić information content (AvgIpc) is 3.75. The van der Waals surface area contributed by atoms with Gasteiger partial charge in [-0.1, -0.05) is 32.0 Å². The van der Waals surface area contributed by atoms with Crippen LogP contribution in [0.4, 0.5) is 5.82 Å². The molecule has 0 unspecified atom stereocenters. The molecule has 0 atom stereocenters. The zero-order valence-electron chi connectivity index (χ0n) is 22.0. The summed E-state index contributed by atoms with van der Waals surface area (Å²) < 4.78 is 5.27. The smallest absolute Gasteiger partial charge is 0.316 e. The third kappa shape index (κ3) is 5.25. The van der Waals surface area contributed by atoms with Gasteiger partial charge in [0, 0.05) is 36.8 Å². The lowest BCUT2D eigenvalue weighted by Gasteiger charge is -2.16. The van der Waals surface area contributed by atoms with Crippen molar-refractivity contribution in [1.82, 2.24) is 15.0 Å². The van der Waals surface area contributed by atoms with Gasteiger partial charge >= 0.3 is 5.97 Å². The van der Waals surface area contributed by atoms with Gasteiger partial charge in [0.2, 0.25) is 0 Å². The molecule has 2 aromatic heterocycles. The molecule has 0 radical (unpaired) electrons. The minimum absolute atomic E-state index is 0.229. The summed E-state index contributed by atoms with van der Waals surface area (Å²) in [5.74, 6) is 1.06. The fraction of sp³-hybridized carbons (Fsp3) is 0.310. The fourth-order valence-corrected chi connectivity index (χ4v) is 4.27. The Labute approximate surface area is 222 Å².